The molecule has 2 heterocycles. The summed E-state index contributed by atoms with van der Waals surface area (Å²) in [7, 11) is 0. The Morgan fingerprint density at radius 1 is 1.04 bits per heavy atom. The van der Waals surface area contributed by atoms with Gasteiger partial charge in [0.2, 0.25) is 11.8 Å². The van der Waals surface area contributed by atoms with Crippen LogP contribution in [0.3, 0.4) is 0 Å². The van der Waals surface area contributed by atoms with Gasteiger partial charge < -0.3 is 10.2 Å². The number of amides is 2. The lowest BCUT2D eigenvalue weighted by Crippen LogP contribution is -2.48. The highest BCUT2D eigenvalue weighted by atomic mass is 32.1. The van der Waals surface area contributed by atoms with Crippen LogP contribution >= 0.6 is 11.3 Å². The second-order valence-electron chi connectivity index (χ2n) is 9.13. The molecule has 1 saturated heterocycles. The second-order valence-corrected chi connectivity index (χ2v) is 9.91. The van der Waals surface area contributed by atoms with Gasteiger partial charge in [0.25, 0.3) is 0 Å². The Morgan fingerprint density at radius 3 is 2.57 bits per heavy atom. The SMILES string of the molecule is O=C(CCc1ccsc1)NC1CCC(C(=O)N2CC[C@@H]3CCCC[C@H]3C2)CC1. The number of rotatable bonds is 5. The Hall–Kier alpha value is -1.36. The molecule has 154 valence electrons. The first-order chi connectivity index (χ1) is 13.7. The summed E-state index contributed by atoms with van der Waals surface area (Å²) in [4.78, 5) is 27.4. The van der Waals surface area contributed by atoms with Crippen molar-refractivity contribution in [2.75, 3.05) is 13.1 Å². The first kappa shape index (κ1) is 19.9. The summed E-state index contributed by atoms with van der Waals surface area (Å²) in [6, 6.07) is 2.34. The highest BCUT2D eigenvalue weighted by molar-refractivity contribution is 7.07. The number of thiophene rings is 1. The van der Waals surface area contributed by atoms with Crippen molar-refractivity contribution in [1.29, 1.82) is 0 Å². The van der Waals surface area contributed by atoms with Gasteiger partial charge in [0, 0.05) is 31.5 Å². The number of aryl methyl sites for hydroxylation is 1. The molecule has 1 aromatic rings. The Bertz CT molecular complexity index is 652. The van der Waals surface area contributed by atoms with Gasteiger partial charge in [-0.05, 0) is 79.2 Å². The van der Waals surface area contributed by atoms with Crippen LogP contribution in [0.4, 0.5) is 0 Å². The second kappa shape index (κ2) is 9.43. The summed E-state index contributed by atoms with van der Waals surface area (Å²) < 4.78 is 0. The van der Waals surface area contributed by atoms with Crippen LogP contribution in [0.5, 0.6) is 0 Å². The van der Waals surface area contributed by atoms with Crippen LogP contribution in [-0.4, -0.2) is 35.8 Å². The first-order valence-corrected chi connectivity index (χ1v) is 12.2. The largest absolute Gasteiger partial charge is 0.353 e. The Morgan fingerprint density at radius 2 is 1.82 bits per heavy atom. The van der Waals surface area contributed by atoms with Gasteiger partial charge in [-0.2, -0.15) is 11.3 Å². The predicted octanol–water partition coefficient (Wildman–Crippen LogP) is 4.39. The van der Waals surface area contributed by atoms with Crippen molar-refractivity contribution >= 4 is 23.2 Å². The van der Waals surface area contributed by atoms with Crippen LogP contribution in [-0.2, 0) is 16.0 Å². The summed E-state index contributed by atoms with van der Waals surface area (Å²) in [5.74, 6) is 2.36. The molecule has 2 aliphatic carbocycles. The van der Waals surface area contributed by atoms with E-state index >= 15 is 0 Å². The number of carbonyl (C=O) groups is 2. The number of hydrogen-bond donors (Lipinski definition) is 1. The molecule has 3 aliphatic rings. The van der Waals surface area contributed by atoms with E-state index in [0.29, 0.717) is 12.3 Å². The van der Waals surface area contributed by atoms with Gasteiger partial charge in [-0.1, -0.05) is 19.3 Å². The van der Waals surface area contributed by atoms with Crippen LogP contribution in [0, 0.1) is 17.8 Å². The van der Waals surface area contributed by atoms with Gasteiger partial charge in [-0.3, -0.25) is 9.59 Å². The molecular formula is C23H34N2O2S. The number of piperidine rings is 1. The average molecular weight is 403 g/mol. The molecule has 1 N–H and O–H groups in total. The first-order valence-electron chi connectivity index (χ1n) is 11.3. The van der Waals surface area contributed by atoms with Crippen LogP contribution in [0.2, 0.25) is 0 Å². The fourth-order valence-corrected chi connectivity index (χ4v) is 6.24. The van der Waals surface area contributed by atoms with E-state index in [0.717, 1.165) is 57.0 Å². The van der Waals surface area contributed by atoms with Crippen molar-refractivity contribution in [2.24, 2.45) is 17.8 Å². The third-order valence-electron chi connectivity index (χ3n) is 7.27. The fraction of sp³-hybridized carbons (Fsp3) is 0.739. The Labute approximate surface area is 173 Å². The van der Waals surface area contributed by atoms with Crippen molar-refractivity contribution in [3.8, 4) is 0 Å². The van der Waals surface area contributed by atoms with Crippen LogP contribution in [0.1, 0.15) is 69.8 Å². The molecule has 2 amide bonds. The molecule has 3 fully saturated rings. The molecule has 2 atom stereocenters. The number of hydrogen-bond acceptors (Lipinski definition) is 3. The topological polar surface area (TPSA) is 49.4 Å². The molecule has 28 heavy (non-hydrogen) atoms. The van der Waals surface area contributed by atoms with Crippen molar-refractivity contribution in [3.63, 3.8) is 0 Å². The van der Waals surface area contributed by atoms with E-state index in [1.54, 1.807) is 11.3 Å². The number of nitrogens with zero attached hydrogens (tertiary/aromatic N) is 1. The third kappa shape index (κ3) is 4.97. The fourth-order valence-electron chi connectivity index (χ4n) is 5.54. The monoisotopic (exact) mass is 402 g/mol. The van der Waals surface area contributed by atoms with Crippen molar-refractivity contribution < 1.29 is 9.59 Å². The van der Waals surface area contributed by atoms with Crippen molar-refractivity contribution in [2.45, 2.75) is 76.7 Å². The summed E-state index contributed by atoms with van der Waals surface area (Å²) in [5, 5.41) is 7.37. The standard InChI is InChI=1S/C23H34N2O2S/c26-22(10-5-17-12-14-28-16-17)24-21-8-6-19(7-9-21)23(27)25-13-11-18-3-1-2-4-20(18)15-25/h12,14,16,18-21H,1-11,13,15H2,(H,24,26)/t18-,19?,20-,21?/m0/s1. The summed E-state index contributed by atoms with van der Waals surface area (Å²) >= 11 is 1.68. The van der Waals surface area contributed by atoms with E-state index in [1.165, 1.54) is 37.7 Å². The highest BCUT2D eigenvalue weighted by Crippen LogP contribution is 2.37. The lowest BCUT2D eigenvalue weighted by Gasteiger charge is -2.43. The van der Waals surface area contributed by atoms with Gasteiger partial charge >= 0.3 is 0 Å². The van der Waals surface area contributed by atoms with Crippen LogP contribution in [0.25, 0.3) is 0 Å². The van der Waals surface area contributed by atoms with Gasteiger partial charge in [0.15, 0.2) is 0 Å². The third-order valence-corrected chi connectivity index (χ3v) is 8.00. The zero-order valence-corrected chi connectivity index (χ0v) is 17.7. The molecule has 0 unspecified atom stereocenters. The number of nitrogens with one attached hydrogen (secondary N) is 1. The van der Waals surface area contributed by atoms with Gasteiger partial charge in [0.05, 0.1) is 0 Å². The van der Waals surface area contributed by atoms with Crippen molar-refractivity contribution in [1.82, 2.24) is 10.2 Å². The minimum atomic E-state index is 0.153. The smallest absolute Gasteiger partial charge is 0.225 e. The molecule has 1 aliphatic heterocycles. The molecule has 4 rings (SSSR count). The molecule has 5 heteroatoms. The molecular weight excluding hydrogens is 368 g/mol. The van der Waals surface area contributed by atoms with Gasteiger partial charge in [0.1, 0.15) is 0 Å². The molecule has 0 aromatic carbocycles. The summed E-state index contributed by atoms with van der Waals surface area (Å²) in [6.45, 7) is 1.97. The average Bonchev–Trinajstić information content (AvgIpc) is 3.26. The van der Waals surface area contributed by atoms with Gasteiger partial charge in [-0.25, -0.2) is 0 Å². The molecule has 1 aromatic heterocycles. The predicted molar refractivity (Wildman–Crippen MR) is 113 cm³/mol. The van der Waals surface area contributed by atoms with E-state index in [2.05, 4.69) is 27.0 Å². The van der Waals surface area contributed by atoms with Gasteiger partial charge in [-0.15, -0.1) is 0 Å². The number of fused-ring (bicyclic) bond motifs is 1. The normalized spacial score (nSPS) is 30.5. The Balaban J connectivity index is 1.18. The molecule has 0 spiro atoms. The maximum atomic E-state index is 13.0. The zero-order valence-electron chi connectivity index (χ0n) is 16.9. The minimum Gasteiger partial charge on any atom is -0.353 e. The Kier molecular flexibility index (Phi) is 6.71. The van der Waals surface area contributed by atoms with Crippen LogP contribution < -0.4 is 5.32 Å². The van der Waals surface area contributed by atoms with E-state index in [-0.39, 0.29) is 17.9 Å². The maximum absolute atomic E-state index is 13.0. The summed E-state index contributed by atoms with van der Waals surface area (Å²) in [6.07, 6.45) is 11.8. The molecule has 0 radical (unpaired) electrons. The number of carbonyl (C=O) groups excluding carboxylic acids is 2. The van der Waals surface area contributed by atoms with E-state index in [1.807, 2.05) is 0 Å². The van der Waals surface area contributed by atoms with Crippen molar-refractivity contribution in [3.05, 3.63) is 22.4 Å². The molecule has 2 saturated carbocycles. The quantitative estimate of drug-likeness (QED) is 0.794. The zero-order chi connectivity index (χ0) is 19.3. The minimum absolute atomic E-state index is 0.153. The highest BCUT2D eigenvalue weighted by Gasteiger charge is 2.36. The lowest BCUT2D eigenvalue weighted by atomic mass is 9.74. The lowest BCUT2D eigenvalue weighted by molar-refractivity contribution is -0.139. The number of likely N-dealkylation sites (tertiary alicyclic amines) is 1. The molecule has 4 nitrogen and oxygen atoms in total. The van der Waals surface area contributed by atoms with E-state index in [9.17, 15) is 9.59 Å². The maximum Gasteiger partial charge on any atom is 0.225 e. The molecule has 0 bridgehead atoms. The summed E-state index contributed by atoms with van der Waals surface area (Å²) in [5.41, 5.74) is 1.25. The van der Waals surface area contributed by atoms with E-state index < -0.39 is 0 Å². The van der Waals surface area contributed by atoms with Crippen LogP contribution in [0.15, 0.2) is 16.8 Å². The van der Waals surface area contributed by atoms with E-state index in [4.69, 9.17) is 0 Å².